The van der Waals surface area contributed by atoms with E-state index < -0.39 is 0 Å². The summed E-state index contributed by atoms with van der Waals surface area (Å²) < 4.78 is 5.65. The molecule has 3 N–H and O–H groups in total. The lowest BCUT2D eigenvalue weighted by molar-refractivity contribution is 0.474. The molecule has 0 amide bonds. The van der Waals surface area contributed by atoms with Gasteiger partial charge in [-0.2, -0.15) is 0 Å². The Morgan fingerprint density at radius 3 is 2.42 bits per heavy atom. The van der Waals surface area contributed by atoms with Crippen LogP contribution >= 0.6 is 0 Å². The molecule has 3 rings (SSSR count). The van der Waals surface area contributed by atoms with E-state index in [1.54, 1.807) is 6.07 Å². The van der Waals surface area contributed by atoms with Gasteiger partial charge in [0, 0.05) is 17.7 Å². The molecule has 0 aliphatic heterocycles. The van der Waals surface area contributed by atoms with Crippen molar-refractivity contribution in [3.63, 3.8) is 0 Å². The smallest absolute Gasteiger partial charge is 0.193 e. The monoisotopic (exact) mass is 256 g/mol. The Hall–Kier alpha value is -2.59. The Morgan fingerprint density at radius 2 is 1.68 bits per heavy atom. The van der Waals surface area contributed by atoms with Gasteiger partial charge in [-0.3, -0.25) is 4.79 Å². The lowest BCUT2D eigenvalue weighted by Crippen LogP contribution is -1.99. The van der Waals surface area contributed by atoms with Crippen LogP contribution in [-0.2, 0) is 0 Å². The molecule has 0 saturated heterocycles. The third-order valence-electron chi connectivity index (χ3n) is 2.77. The summed E-state index contributed by atoms with van der Waals surface area (Å²) in [6, 6.07) is 15.3. The van der Waals surface area contributed by atoms with Crippen molar-refractivity contribution in [3.8, 4) is 17.1 Å². The second-order valence-electron chi connectivity index (χ2n) is 4.02. The van der Waals surface area contributed by atoms with E-state index in [0.717, 1.165) is 5.56 Å². The van der Waals surface area contributed by atoms with Crippen molar-refractivity contribution < 1.29 is 15.0 Å². The van der Waals surface area contributed by atoms with Crippen molar-refractivity contribution in [1.82, 2.24) is 0 Å². The lowest BCUT2D eigenvalue weighted by atomic mass is 10.1. The normalized spacial score (nSPS) is 10.1. The standard InChI is InChI=1S/C15H10O3.H2O/c16-11-6-7-12-13(17)9-14(18-15(12)8-11)10-4-2-1-3-5-10;/h1-9,16H;1H2. The van der Waals surface area contributed by atoms with E-state index in [4.69, 9.17) is 4.42 Å². The summed E-state index contributed by atoms with van der Waals surface area (Å²) in [5.74, 6) is 0.578. The van der Waals surface area contributed by atoms with Crippen molar-refractivity contribution in [2.45, 2.75) is 0 Å². The number of rotatable bonds is 1. The van der Waals surface area contributed by atoms with Crippen LogP contribution in [-0.4, -0.2) is 10.6 Å². The van der Waals surface area contributed by atoms with Crippen LogP contribution in [0.4, 0.5) is 0 Å². The first-order chi connectivity index (χ1) is 8.74. The van der Waals surface area contributed by atoms with Crippen LogP contribution in [0.25, 0.3) is 22.3 Å². The summed E-state index contributed by atoms with van der Waals surface area (Å²) >= 11 is 0. The Bertz CT molecular complexity index is 760. The van der Waals surface area contributed by atoms with E-state index in [1.807, 2.05) is 30.3 Å². The fraction of sp³-hybridized carbons (Fsp3) is 0. The molecule has 0 unspecified atom stereocenters. The fourth-order valence-corrected chi connectivity index (χ4v) is 1.89. The van der Waals surface area contributed by atoms with Crippen LogP contribution in [0, 0.1) is 0 Å². The van der Waals surface area contributed by atoms with Gasteiger partial charge in [0.2, 0.25) is 0 Å². The third kappa shape index (κ3) is 2.34. The zero-order valence-electron chi connectivity index (χ0n) is 9.96. The molecular formula is C15H12O4. The molecule has 0 spiro atoms. The van der Waals surface area contributed by atoms with Gasteiger partial charge in [0.05, 0.1) is 5.39 Å². The van der Waals surface area contributed by atoms with Crippen molar-refractivity contribution in [1.29, 1.82) is 0 Å². The van der Waals surface area contributed by atoms with Gasteiger partial charge in [-0.1, -0.05) is 30.3 Å². The second-order valence-corrected chi connectivity index (χ2v) is 4.02. The van der Waals surface area contributed by atoms with Crippen LogP contribution in [0.3, 0.4) is 0 Å². The summed E-state index contributed by atoms with van der Waals surface area (Å²) in [6.07, 6.45) is 0. The molecule has 0 saturated carbocycles. The number of hydrogen-bond acceptors (Lipinski definition) is 3. The molecule has 2 aromatic carbocycles. The average molecular weight is 256 g/mol. The van der Waals surface area contributed by atoms with Gasteiger partial charge in [0.25, 0.3) is 0 Å². The molecule has 96 valence electrons. The Labute approximate surface area is 108 Å². The van der Waals surface area contributed by atoms with Gasteiger partial charge in [-0.05, 0) is 12.1 Å². The highest BCUT2D eigenvalue weighted by atomic mass is 16.3. The Kier molecular flexibility index (Phi) is 3.35. The van der Waals surface area contributed by atoms with E-state index in [0.29, 0.717) is 16.7 Å². The first kappa shape index (κ1) is 12.9. The maximum Gasteiger partial charge on any atom is 0.193 e. The minimum atomic E-state index is -0.116. The van der Waals surface area contributed by atoms with Gasteiger partial charge < -0.3 is 15.0 Å². The van der Waals surface area contributed by atoms with Gasteiger partial charge in [-0.15, -0.1) is 0 Å². The Morgan fingerprint density at radius 1 is 0.947 bits per heavy atom. The van der Waals surface area contributed by atoms with Crippen molar-refractivity contribution >= 4 is 11.0 Å². The minimum absolute atomic E-state index is 0. The summed E-state index contributed by atoms with van der Waals surface area (Å²) in [5.41, 5.74) is 1.11. The predicted molar refractivity (Wildman–Crippen MR) is 73.2 cm³/mol. The van der Waals surface area contributed by atoms with Gasteiger partial charge >= 0.3 is 0 Å². The first-order valence-corrected chi connectivity index (χ1v) is 5.56. The molecular weight excluding hydrogens is 244 g/mol. The van der Waals surface area contributed by atoms with Gasteiger partial charge in [-0.25, -0.2) is 0 Å². The lowest BCUT2D eigenvalue weighted by Gasteiger charge is -2.03. The zero-order chi connectivity index (χ0) is 12.5. The molecule has 0 radical (unpaired) electrons. The molecule has 19 heavy (non-hydrogen) atoms. The highest BCUT2D eigenvalue weighted by Crippen LogP contribution is 2.23. The predicted octanol–water partition coefficient (Wildman–Crippen LogP) is 2.34. The molecule has 1 aromatic heterocycles. The molecule has 1 heterocycles. The molecule has 0 aliphatic carbocycles. The van der Waals surface area contributed by atoms with E-state index >= 15 is 0 Å². The first-order valence-electron chi connectivity index (χ1n) is 5.56. The van der Waals surface area contributed by atoms with Crippen LogP contribution in [0.15, 0.2) is 63.8 Å². The minimum Gasteiger partial charge on any atom is -0.508 e. The number of hydrogen-bond donors (Lipinski definition) is 1. The van der Waals surface area contributed by atoms with Crippen LogP contribution in [0.1, 0.15) is 0 Å². The van der Waals surface area contributed by atoms with Crippen molar-refractivity contribution in [2.24, 2.45) is 0 Å². The number of fused-ring (bicyclic) bond motifs is 1. The SMILES string of the molecule is O.O=c1cc(-c2ccccc2)oc2cc(O)ccc12. The zero-order valence-corrected chi connectivity index (χ0v) is 9.96. The third-order valence-corrected chi connectivity index (χ3v) is 2.77. The quantitative estimate of drug-likeness (QED) is 0.725. The summed E-state index contributed by atoms with van der Waals surface area (Å²) in [6.45, 7) is 0. The van der Waals surface area contributed by atoms with Gasteiger partial charge in [0.1, 0.15) is 17.1 Å². The van der Waals surface area contributed by atoms with Crippen LogP contribution < -0.4 is 5.43 Å². The molecule has 4 heteroatoms. The highest BCUT2D eigenvalue weighted by Gasteiger charge is 2.06. The summed E-state index contributed by atoms with van der Waals surface area (Å²) in [4.78, 5) is 11.9. The molecule has 0 fully saturated rings. The van der Waals surface area contributed by atoms with Crippen LogP contribution in [0.2, 0.25) is 0 Å². The molecule has 0 aliphatic rings. The molecule has 0 atom stereocenters. The van der Waals surface area contributed by atoms with E-state index in [1.165, 1.54) is 18.2 Å². The largest absolute Gasteiger partial charge is 0.508 e. The molecule has 0 bridgehead atoms. The maximum absolute atomic E-state index is 11.9. The van der Waals surface area contributed by atoms with Gasteiger partial charge in [0.15, 0.2) is 5.43 Å². The van der Waals surface area contributed by atoms with Crippen LogP contribution in [0.5, 0.6) is 5.75 Å². The fourth-order valence-electron chi connectivity index (χ4n) is 1.89. The summed E-state index contributed by atoms with van der Waals surface area (Å²) in [7, 11) is 0. The average Bonchev–Trinajstić information content (AvgIpc) is 2.39. The van der Waals surface area contributed by atoms with E-state index in [-0.39, 0.29) is 16.7 Å². The number of benzene rings is 2. The van der Waals surface area contributed by atoms with E-state index in [2.05, 4.69) is 0 Å². The van der Waals surface area contributed by atoms with Crippen molar-refractivity contribution in [2.75, 3.05) is 0 Å². The highest BCUT2D eigenvalue weighted by molar-refractivity contribution is 5.79. The maximum atomic E-state index is 11.9. The number of phenolic OH excluding ortho intramolecular Hbond substituents is 1. The number of aromatic hydroxyl groups is 1. The van der Waals surface area contributed by atoms with E-state index in [9.17, 15) is 9.90 Å². The molecule has 3 aromatic rings. The Balaban J connectivity index is 0.00000133. The summed E-state index contributed by atoms with van der Waals surface area (Å²) in [5, 5.41) is 9.89. The second kappa shape index (κ2) is 4.96. The number of phenols is 1. The molecule has 4 nitrogen and oxygen atoms in total. The van der Waals surface area contributed by atoms with Crippen molar-refractivity contribution in [3.05, 3.63) is 64.8 Å². The topological polar surface area (TPSA) is 81.9 Å².